The van der Waals surface area contributed by atoms with Gasteiger partial charge in [0, 0.05) is 23.4 Å². The predicted octanol–water partition coefficient (Wildman–Crippen LogP) is 5.73. The molecule has 5 nitrogen and oxygen atoms in total. The highest BCUT2D eigenvalue weighted by Gasteiger charge is 2.30. The number of halogens is 4. The smallest absolute Gasteiger partial charge is 0.338 e. The summed E-state index contributed by atoms with van der Waals surface area (Å²) in [6, 6.07) is 7.42. The summed E-state index contributed by atoms with van der Waals surface area (Å²) >= 11 is 0. The Morgan fingerprint density at radius 1 is 1.19 bits per heavy atom. The van der Waals surface area contributed by atoms with E-state index in [0.717, 1.165) is 18.4 Å². The number of hydrogen-bond donors (Lipinski definition) is 1. The number of imidazole rings is 1. The summed E-state index contributed by atoms with van der Waals surface area (Å²) in [7, 11) is 0. The van der Waals surface area contributed by atoms with E-state index in [-0.39, 0.29) is 29.0 Å². The number of benzene rings is 2. The van der Waals surface area contributed by atoms with Gasteiger partial charge in [0.15, 0.2) is 0 Å². The lowest BCUT2D eigenvalue weighted by atomic mass is 9.96. The van der Waals surface area contributed by atoms with Crippen LogP contribution in [0.1, 0.15) is 25.0 Å². The Labute approximate surface area is 181 Å². The van der Waals surface area contributed by atoms with Crippen LogP contribution in [0.2, 0.25) is 0 Å². The van der Waals surface area contributed by atoms with E-state index in [9.17, 15) is 22.4 Å². The molecule has 0 radical (unpaired) electrons. The number of nitrogens with zero attached hydrogens (tertiary/aromatic N) is 3. The number of alkyl halides is 3. The minimum absolute atomic E-state index is 0.100. The number of H-pyrrole nitrogens is 1. The minimum atomic E-state index is -4.49. The number of rotatable bonds is 7. The van der Waals surface area contributed by atoms with Gasteiger partial charge in [-0.2, -0.15) is 13.2 Å². The standard InChI is InChI=1S/C23H20F4N4O/c1-22(2,13-32)12-29-11-15(10-28-3)14-4-6-17(18(24)8-14)21-30-19-7-5-16(23(25,26)27)9-20(19)31-21/h4-11,13H,3,12H2,1-2H3,(H,30,31)/b15-10+,29-11?. The minimum Gasteiger partial charge on any atom is -0.338 e. The van der Waals surface area contributed by atoms with Crippen LogP contribution in [-0.2, 0) is 11.0 Å². The number of aliphatic imine (C=N–C) groups is 2. The molecule has 1 heterocycles. The van der Waals surface area contributed by atoms with Crippen LogP contribution in [0, 0.1) is 11.2 Å². The van der Waals surface area contributed by atoms with Gasteiger partial charge in [0.05, 0.1) is 28.7 Å². The Bertz CT molecular complexity index is 1220. The molecule has 0 saturated heterocycles. The van der Waals surface area contributed by atoms with E-state index in [4.69, 9.17) is 0 Å². The molecule has 0 aliphatic rings. The SMILES string of the molecule is C=N/C=C(\C=NCC(C)(C)C=O)c1ccc(-c2nc3ccc(C(F)(F)F)cc3[nH]2)c(F)c1. The molecule has 166 valence electrons. The normalized spacial score (nSPS) is 13.1. The largest absolute Gasteiger partial charge is 0.416 e. The molecular formula is C23H20F4N4O. The number of aromatic nitrogens is 2. The third-order valence-corrected chi connectivity index (χ3v) is 4.65. The van der Waals surface area contributed by atoms with Crippen molar-refractivity contribution in [2.45, 2.75) is 20.0 Å². The number of aromatic amines is 1. The van der Waals surface area contributed by atoms with Gasteiger partial charge in [-0.3, -0.25) is 9.98 Å². The number of aldehydes is 1. The molecule has 2 aromatic carbocycles. The highest BCUT2D eigenvalue weighted by Crippen LogP contribution is 2.32. The zero-order chi connectivity index (χ0) is 23.5. The van der Waals surface area contributed by atoms with E-state index in [1.165, 1.54) is 30.6 Å². The summed E-state index contributed by atoms with van der Waals surface area (Å²) in [5.41, 5.74) is 0.0279. The first kappa shape index (κ1) is 23.1. The summed E-state index contributed by atoms with van der Waals surface area (Å²) in [5.74, 6) is -0.522. The fraction of sp³-hybridized carbons (Fsp3) is 0.217. The maximum Gasteiger partial charge on any atom is 0.416 e. The lowest BCUT2D eigenvalue weighted by Gasteiger charge is -2.12. The molecule has 0 atom stereocenters. The molecule has 0 fully saturated rings. The molecule has 1 aromatic heterocycles. The number of nitrogens with one attached hydrogen (secondary N) is 1. The lowest BCUT2D eigenvalue weighted by molar-refractivity contribution is -0.137. The molecule has 3 rings (SSSR count). The van der Waals surface area contributed by atoms with Gasteiger partial charge < -0.3 is 9.78 Å². The summed E-state index contributed by atoms with van der Waals surface area (Å²) in [4.78, 5) is 25.9. The van der Waals surface area contributed by atoms with Crippen LogP contribution in [0.15, 0.2) is 52.6 Å². The van der Waals surface area contributed by atoms with Crippen molar-refractivity contribution < 1.29 is 22.4 Å². The second-order valence-electron chi connectivity index (χ2n) is 7.85. The van der Waals surface area contributed by atoms with Gasteiger partial charge in [-0.05, 0) is 42.6 Å². The van der Waals surface area contributed by atoms with Gasteiger partial charge >= 0.3 is 6.18 Å². The van der Waals surface area contributed by atoms with Crippen molar-refractivity contribution in [1.29, 1.82) is 0 Å². The van der Waals surface area contributed by atoms with Gasteiger partial charge in [0.2, 0.25) is 0 Å². The van der Waals surface area contributed by atoms with Crippen molar-refractivity contribution in [3.63, 3.8) is 0 Å². The molecule has 32 heavy (non-hydrogen) atoms. The van der Waals surface area contributed by atoms with Crippen LogP contribution in [0.3, 0.4) is 0 Å². The molecule has 1 N–H and O–H groups in total. The fourth-order valence-corrected chi connectivity index (χ4v) is 2.90. The van der Waals surface area contributed by atoms with Crippen LogP contribution in [-0.4, -0.2) is 35.7 Å². The molecule has 0 unspecified atom stereocenters. The van der Waals surface area contributed by atoms with E-state index in [2.05, 4.69) is 26.7 Å². The first-order valence-electron chi connectivity index (χ1n) is 9.53. The van der Waals surface area contributed by atoms with Crippen LogP contribution in [0.4, 0.5) is 17.6 Å². The topological polar surface area (TPSA) is 70.5 Å². The van der Waals surface area contributed by atoms with Crippen molar-refractivity contribution in [1.82, 2.24) is 9.97 Å². The quantitative estimate of drug-likeness (QED) is 0.287. The number of allylic oxidation sites excluding steroid dienone is 1. The van der Waals surface area contributed by atoms with E-state index < -0.39 is 23.0 Å². The second-order valence-corrected chi connectivity index (χ2v) is 7.85. The first-order valence-corrected chi connectivity index (χ1v) is 9.53. The summed E-state index contributed by atoms with van der Waals surface area (Å²) in [5, 5.41) is 0. The maximum absolute atomic E-state index is 14.9. The van der Waals surface area contributed by atoms with Crippen LogP contribution in [0.5, 0.6) is 0 Å². The van der Waals surface area contributed by atoms with E-state index >= 15 is 0 Å². The number of carbonyl (C=O) groups is 1. The van der Waals surface area contributed by atoms with Gasteiger partial charge in [-0.15, -0.1) is 0 Å². The molecule has 0 saturated carbocycles. The highest BCUT2D eigenvalue weighted by molar-refractivity contribution is 6.10. The Hall–Kier alpha value is -3.62. The third-order valence-electron chi connectivity index (χ3n) is 4.65. The Balaban J connectivity index is 1.93. The zero-order valence-electron chi connectivity index (χ0n) is 17.4. The highest BCUT2D eigenvalue weighted by atomic mass is 19.4. The van der Waals surface area contributed by atoms with E-state index in [0.29, 0.717) is 11.1 Å². The molecular weight excluding hydrogens is 424 g/mol. The van der Waals surface area contributed by atoms with E-state index in [1.807, 2.05) is 0 Å². The van der Waals surface area contributed by atoms with Gasteiger partial charge in [-0.1, -0.05) is 19.9 Å². The van der Waals surface area contributed by atoms with Gasteiger partial charge in [0.1, 0.15) is 17.9 Å². The molecule has 0 aliphatic carbocycles. The van der Waals surface area contributed by atoms with Crippen molar-refractivity contribution in [3.05, 3.63) is 59.5 Å². The lowest BCUT2D eigenvalue weighted by Crippen LogP contribution is -2.16. The van der Waals surface area contributed by atoms with Crippen molar-refractivity contribution in [2.75, 3.05) is 6.54 Å². The molecule has 0 aliphatic heterocycles. The van der Waals surface area contributed by atoms with Crippen LogP contribution >= 0.6 is 0 Å². The molecule has 3 aromatic rings. The second kappa shape index (κ2) is 8.86. The zero-order valence-corrected chi connectivity index (χ0v) is 17.4. The molecule has 0 bridgehead atoms. The number of fused-ring (bicyclic) bond motifs is 1. The van der Waals surface area contributed by atoms with Crippen molar-refractivity contribution in [2.24, 2.45) is 15.4 Å². The van der Waals surface area contributed by atoms with Gasteiger partial charge in [-0.25, -0.2) is 9.37 Å². The maximum atomic E-state index is 14.9. The van der Waals surface area contributed by atoms with Gasteiger partial charge in [0.25, 0.3) is 0 Å². The summed E-state index contributed by atoms with van der Waals surface area (Å²) in [6.07, 6.45) is -0.796. The van der Waals surface area contributed by atoms with Crippen LogP contribution in [0.25, 0.3) is 28.0 Å². The number of hydrogen-bond acceptors (Lipinski definition) is 4. The Morgan fingerprint density at radius 3 is 2.56 bits per heavy atom. The third kappa shape index (κ3) is 5.16. The Morgan fingerprint density at radius 2 is 1.94 bits per heavy atom. The van der Waals surface area contributed by atoms with Crippen LogP contribution < -0.4 is 0 Å². The van der Waals surface area contributed by atoms with E-state index in [1.54, 1.807) is 19.9 Å². The first-order chi connectivity index (χ1) is 15.0. The molecule has 9 heteroatoms. The Kier molecular flexibility index (Phi) is 6.38. The fourth-order valence-electron chi connectivity index (χ4n) is 2.90. The summed E-state index contributed by atoms with van der Waals surface area (Å²) in [6.45, 7) is 7.13. The average Bonchev–Trinajstić information content (AvgIpc) is 3.15. The monoisotopic (exact) mass is 444 g/mol. The van der Waals surface area contributed by atoms with Crippen molar-refractivity contribution >= 4 is 35.8 Å². The number of carbonyl (C=O) groups excluding carboxylic acids is 1. The average molecular weight is 444 g/mol. The summed E-state index contributed by atoms with van der Waals surface area (Å²) < 4.78 is 53.7. The molecule has 0 amide bonds. The van der Waals surface area contributed by atoms with Crippen molar-refractivity contribution in [3.8, 4) is 11.4 Å². The molecule has 0 spiro atoms. The predicted molar refractivity (Wildman–Crippen MR) is 117 cm³/mol.